The van der Waals surface area contributed by atoms with Crippen LogP contribution in [-0.4, -0.2) is 10.7 Å². The maximum atomic E-state index is 5.96. The fraction of sp³-hybridized carbons (Fsp3) is 0.267. The van der Waals surface area contributed by atoms with Crippen LogP contribution < -0.4 is 10.5 Å². The van der Waals surface area contributed by atoms with Gasteiger partial charge in [-0.05, 0) is 36.9 Å². The maximum absolute atomic E-state index is 5.96. The Hall–Kier alpha value is -1.52. The molecule has 19 heavy (non-hydrogen) atoms. The molecule has 2 rings (SSSR count). The molecule has 0 spiro atoms. The van der Waals surface area contributed by atoms with E-state index in [1.807, 2.05) is 31.2 Å². The summed E-state index contributed by atoms with van der Waals surface area (Å²) in [4.78, 5) is 5.41. The fourth-order valence-corrected chi connectivity index (χ4v) is 2.67. The molecule has 0 amide bonds. The van der Waals surface area contributed by atoms with Gasteiger partial charge in [0.15, 0.2) is 0 Å². The molecule has 0 saturated carbocycles. The van der Waals surface area contributed by atoms with E-state index in [1.54, 1.807) is 18.0 Å². The third-order valence-corrected chi connectivity index (χ3v) is 3.75. The van der Waals surface area contributed by atoms with Gasteiger partial charge in [-0.15, -0.1) is 11.8 Å². The van der Waals surface area contributed by atoms with Crippen LogP contribution >= 0.6 is 11.8 Å². The van der Waals surface area contributed by atoms with Gasteiger partial charge < -0.3 is 10.5 Å². The van der Waals surface area contributed by atoms with Gasteiger partial charge in [0.2, 0.25) is 0 Å². The van der Waals surface area contributed by atoms with Crippen LogP contribution in [0.5, 0.6) is 11.5 Å². The number of benzene rings is 1. The molecule has 0 bridgehead atoms. The molecular formula is C15H18N2OS. The van der Waals surface area contributed by atoms with Crippen molar-refractivity contribution in [2.75, 3.05) is 5.75 Å². The lowest BCUT2D eigenvalue weighted by Crippen LogP contribution is -2.02. The Morgan fingerprint density at radius 3 is 2.68 bits per heavy atom. The highest BCUT2D eigenvalue weighted by Crippen LogP contribution is 2.33. The Labute approximate surface area is 118 Å². The molecule has 4 heteroatoms. The summed E-state index contributed by atoms with van der Waals surface area (Å²) < 4.78 is 5.96. The number of nitrogens with two attached hydrogens (primary N) is 1. The molecule has 0 saturated heterocycles. The third-order valence-electron chi connectivity index (χ3n) is 2.77. The van der Waals surface area contributed by atoms with E-state index in [2.05, 4.69) is 18.0 Å². The topological polar surface area (TPSA) is 48.1 Å². The van der Waals surface area contributed by atoms with E-state index in [0.717, 1.165) is 28.5 Å². The molecular weight excluding hydrogens is 256 g/mol. The van der Waals surface area contributed by atoms with Crippen LogP contribution in [0.1, 0.15) is 18.2 Å². The summed E-state index contributed by atoms with van der Waals surface area (Å²) in [7, 11) is 0. The number of aryl methyl sites for hydroxylation is 1. The van der Waals surface area contributed by atoms with Crippen molar-refractivity contribution in [1.82, 2.24) is 4.98 Å². The first-order valence-electron chi connectivity index (χ1n) is 6.30. The van der Waals surface area contributed by atoms with Crippen molar-refractivity contribution in [2.45, 2.75) is 25.3 Å². The molecule has 0 aliphatic heterocycles. The quantitative estimate of drug-likeness (QED) is 0.843. The molecule has 1 heterocycles. The first-order chi connectivity index (χ1) is 9.26. The Morgan fingerprint density at radius 2 is 2.00 bits per heavy atom. The van der Waals surface area contributed by atoms with E-state index in [0.29, 0.717) is 6.54 Å². The summed E-state index contributed by atoms with van der Waals surface area (Å²) >= 11 is 1.78. The second kappa shape index (κ2) is 6.59. The predicted octanol–water partition coefficient (Wildman–Crippen LogP) is 3.75. The highest BCUT2D eigenvalue weighted by molar-refractivity contribution is 7.99. The molecule has 3 nitrogen and oxygen atoms in total. The van der Waals surface area contributed by atoms with E-state index >= 15 is 0 Å². The summed E-state index contributed by atoms with van der Waals surface area (Å²) in [5.74, 6) is 2.61. The summed E-state index contributed by atoms with van der Waals surface area (Å²) in [6.07, 6.45) is 1.76. The molecule has 0 unspecified atom stereocenters. The van der Waals surface area contributed by atoms with Crippen molar-refractivity contribution in [2.24, 2.45) is 5.73 Å². The predicted molar refractivity (Wildman–Crippen MR) is 79.8 cm³/mol. The van der Waals surface area contributed by atoms with Gasteiger partial charge in [-0.1, -0.05) is 13.0 Å². The van der Waals surface area contributed by atoms with E-state index in [4.69, 9.17) is 10.5 Å². The largest absolute Gasteiger partial charge is 0.455 e. The van der Waals surface area contributed by atoms with Gasteiger partial charge in [-0.2, -0.15) is 0 Å². The van der Waals surface area contributed by atoms with Crippen molar-refractivity contribution >= 4 is 11.8 Å². The van der Waals surface area contributed by atoms with E-state index < -0.39 is 0 Å². The van der Waals surface area contributed by atoms with Crippen LogP contribution in [0.25, 0.3) is 0 Å². The van der Waals surface area contributed by atoms with Gasteiger partial charge in [0.05, 0.1) is 5.69 Å². The third kappa shape index (κ3) is 3.28. The normalized spacial score (nSPS) is 10.5. The van der Waals surface area contributed by atoms with Crippen molar-refractivity contribution in [3.05, 3.63) is 47.8 Å². The van der Waals surface area contributed by atoms with Crippen LogP contribution in [0, 0.1) is 6.92 Å². The molecule has 0 atom stereocenters. The Kier molecular flexibility index (Phi) is 4.82. The average molecular weight is 274 g/mol. The van der Waals surface area contributed by atoms with Crippen LogP contribution in [-0.2, 0) is 6.54 Å². The summed E-state index contributed by atoms with van der Waals surface area (Å²) in [5, 5.41) is 0. The van der Waals surface area contributed by atoms with E-state index in [9.17, 15) is 0 Å². The Bertz CT molecular complexity index is 558. The molecule has 0 fully saturated rings. The Morgan fingerprint density at radius 1 is 1.21 bits per heavy atom. The molecule has 2 aromatic rings. The van der Waals surface area contributed by atoms with Crippen LogP contribution in [0.2, 0.25) is 0 Å². The lowest BCUT2D eigenvalue weighted by atomic mass is 10.2. The van der Waals surface area contributed by atoms with Gasteiger partial charge in [-0.3, -0.25) is 4.98 Å². The number of pyridine rings is 1. The number of nitrogens with zero attached hydrogens (tertiary/aromatic N) is 1. The molecule has 1 aromatic heterocycles. The zero-order valence-electron chi connectivity index (χ0n) is 11.2. The van der Waals surface area contributed by atoms with Gasteiger partial charge in [0, 0.05) is 23.2 Å². The zero-order valence-corrected chi connectivity index (χ0v) is 12.0. The minimum absolute atomic E-state index is 0.470. The highest BCUT2D eigenvalue weighted by Gasteiger charge is 2.10. The number of thioether (sulfide) groups is 1. The lowest BCUT2D eigenvalue weighted by Gasteiger charge is -2.14. The number of hydrogen-bond donors (Lipinski definition) is 1. The standard InChI is InChI=1S/C15H18N2OS/c1-3-19-15-8-4-6-14(12(15)10-16)18-13-7-5-9-17-11(13)2/h4-9H,3,10,16H2,1-2H3. The van der Waals surface area contributed by atoms with Crippen LogP contribution in [0.3, 0.4) is 0 Å². The highest BCUT2D eigenvalue weighted by atomic mass is 32.2. The van der Waals surface area contributed by atoms with E-state index in [-0.39, 0.29) is 0 Å². The van der Waals surface area contributed by atoms with Crippen molar-refractivity contribution in [1.29, 1.82) is 0 Å². The van der Waals surface area contributed by atoms with Crippen LogP contribution in [0.15, 0.2) is 41.4 Å². The van der Waals surface area contributed by atoms with Gasteiger partial charge in [-0.25, -0.2) is 0 Å². The van der Waals surface area contributed by atoms with Crippen molar-refractivity contribution in [3.8, 4) is 11.5 Å². The van der Waals surface area contributed by atoms with Crippen LogP contribution in [0.4, 0.5) is 0 Å². The number of hydrogen-bond acceptors (Lipinski definition) is 4. The smallest absolute Gasteiger partial charge is 0.148 e. The number of rotatable bonds is 5. The monoisotopic (exact) mass is 274 g/mol. The molecule has 0 aliphatic carbocycles. The maximum Gasteiger partial charge on any atom is 0.148 e. The molecule has 1 aromatic carbocycles. The fourth-order valence-electron chi connectivity index (χ4n) is 1.83. The lowest BCUT2D eigenvalue weighted by molar-refractivity contribution is 0.467. The van der Waals surface area contributed by atoms with Crippen molar-refractivity contribution in [3.63, 3.8) is 0 Å². The molecule has 100 valence electrons. The summed E-state index contributed by atoms with van der Waals surface area (Å²) in [6, 6.07) is 9.82. The summed E-state index contributed by atoms with van der Waals surface area (Å²) in [6.45, 7) is 4.53. The van der Waals surface area contributed by atoms with E-state index in [1.165, 1.54) is 4.90 Å². The Balaban J connectivity index is 2.35. The SMILES string of the molecule is CCSc1cccc(Oc2cccnc2C)c1CN. The van der Waals surface area contributed by atoms with Crippen molar-refractivity contribution < 1.29 is 4.74 Å². The first-order valence-corrected chi connectivity index (χ1v) is 7.29. The number of aromatic nitrogens is 1. The van der Waals surface area contributed by atoms with Gasteiger partial charge in [0.1, 0.15) is 11.5 Å². The molecule has 0 radical (unpaired) electrons. The molecule has 2 N–H and O–H groups in total. The second-order valence-electron chi connectivity index (χ2n) is 4.06. The summed E-state index contributed by atoms with van der Waals surface area (Å²) in [5.41, 5.74) is 7.79. The zero-order chi connectivity index (χ0) is 13.7. The van der Waals surface area contributed by atoms with Gasteiger partial charge >= 0.3 is 0 Å². The molecule has 0 aliphatic rings. The minimum Gasteiger partial charge on any atom is -0.455 e. The minimum atomic E-state index is 0.470. The van der Waals surface area contributed by atoms with Gasteiger partial charge in [0.25, 0.3) is 0 Å². The average Bonchev–Trinajstić information content (AvgIpc) is 2.42. The second-order valence-corrected chi connectivity index (χ2v) is 5.36. The first kappa shape index (κ1) is 13.9. The number of ether oxygens (including phenoxy) is 1.